The molecule has 0 saturated carbocycles. The van der Waals surface area contributed by atoms with E-state index in [1.54, 1.807) is 0 Å². The number of rotatable bonds is 3. The topological polar surface area (TPSA) is 42.9 Å². The highest BCUT2D eigenvalue weighted by Crippen LogP contribution is 2.44. The molecule has 3 aromatic heterocycles. The van der Waals surface area contributed by atoms with Crippen molar-refractivity contribution in [2.45, 2.75) is 0 Å². The monoisotopic (exact) mass is 673 g/mol. The van der Waals surface area contributed by atoms with Gasteiger partial charge in [-0.05, 0) is 65.4 Å². The van der Waals surface area contributed by atoms with Gasteiger partial charge < -0.3 is 13.7 Å². The quantitative estimate of drug-likeness (QED) is 0.172. The molecule has 3 heterocycles. The smallest absolute Gasteiger partial charge is 0.212 e. The summed E-state index contributed by atoms with van der Waals surface area (Å²) in [6.45, 7) is 8.52. The number of aromatic nitrogens is 3. The molecule has 0 saturated heterocycles. The van der Waals surface area contributed by atoms with Gasteiger partial charge in [0.1, 0.15) is 6.07 Å². The van der Waals surface area contributed by atoms with E-state index in [0.717, 1.165) is 76.5 Å². The molecule has 244 valence electrons. The molecule has 0 aliphatic heterocycles. The molecule has 0 aliphatic rings. The van der Waals surface area contributed by atoms with Crippen LogP contribution in [0.25, 0.3) is 98.1 Å². The zero-order chi connectivity index (χ0) is 35.2. The molecule has 0 atom stereocenters. The van der Waals surface area contributed by atoms with Gasteiger partial charge in [0.25, 0.3) is 0 Å². The third kappa shape index (κ3) is 3.94. The van der Waals surface area contributed by atoms with Crippen molar-refractivity contribution in [3.63, 3.8) is 0 Å². The Morgan fingerprint density at radius 1 is 0.453 bits per heavy atom. The minimum Gasteiger partial charge on any atom is -0.319 e. The first-order chi connectivity index (χ1) is 26.2. The Morgan fingerprint density at radius 2 is 1.02 bits per heavy atom. The molecule has 11 aromatic rings. The van der Waals surface area contributed by atoms with Gasteiger partial charge in [0.05, 0.1) is 56.6 Å². The third-order valence-corrected chi connectivity index (χ3v) is 10.9. The second-order valence-corrected chi connectivity index (χ2v) is 13.5. The molecule has 0 aliphatic carbocycles. The van der Waals surface area contributed by atoms with E-state index in [0.29, 0.717) is 22.6 Å². The summed E-state index contributed by atoms with van der Waals surface area (Å²) in [4.78, 5) is 4.14. The lowest BCUT2D eigenvalue weighted by Crippen LogP contribution is -2.01. The Morgan fingerprint density at radius 3 is 1.74 bits per heavy atom. The van der Waals surface area contributed by atoms with Gasteiger partial charge in [-0.25, -0.2) is 4.85 Å². The highest BCUT2D eigenvalue weighted by atomic mass is 15.0. The predicted octanol–water partition coefficient (Wildman–Crippen LogP) is 12.6. The lowest BCUT2D eigenvalue weighted by Gasteiger charge is -2.16. The zero-order valence-electron chi connectivity index (χ0n) is 28.3. The molecule has 8 aromatic carbocycles. The fourth-order valence-corrected chi connectivity index (χ4v) is 8.72. The maximum absolute atomic E-state index is 10.9. The van der Waals surface area contributed by atoms with E-state index < -0.39 is 0 Å². The number of hydrogen-bond donors (Lipinski definition) is 0. The first kappa shape index (κ1) is 29.2. The Labute approximate surface area is 303 Å². The van der Waals surface area contributed by atoms with E-state index in [4.69, 9.17) is 6.57 Å². The van der Waals surface area contributed by atoms with Crippen LogP contribution < -0.4 is 0 Å². The van der Waals surface area contributed by atoms with Crippen LogP contribution in [0.3, 0.4) is 0 Å². The van der Waals surface area contributed by atoms with Crippen molar-refractivity contribution < 1.29 is 0 Å². The Hall–Kier alpha value is -7.60. The average Bonchev–Trinajstić information content (AvgIpc) is 3.86. The highest BCUT2D eigenvalue weighted by Gasteiger charge is 2.24. The van der Waals surface area contributed by atoms with Crippen LogP contribution in [-0.4, -0.2) is 13.7 Å². The van der Waals surface area contributed by atoms with E-state index in [1.165, 1.54) is 5.39 Å². The summed E-state index contributed by atoms with van der Waals surface area (Å²) < 4.78 is 6.69. The molecule has 0 unspecified atom stereocenters. The van der Waals surface area contributed by atoms with E-state index in [2.05, 4.69) is 158 Å². The van der Waals surface area contributed by atoms with Crippen LogP contribution in [0.2, 0.25) is 0 Å². The normalized spacial score (nSPS) is 11.7. The first-order valence-corrected chi connectivity index (χ1v) is 17.6. The van der Waals surface area contributed by atoms with Gasteiger partial charge in [0.2, 0.25) is 5.69 Å². The predicted molar refractivity (Wildman–Crippen MR) is 218 cm³/mol. The van der Waals surface area contributed by atoms with E-state index in [-0.39, 0.29) is 0 Å². The molecule has 0 spiro atoms. The second kappa shape index (κ2) is 10.9. The molecule has 53 heavy (non-hydrogen) atoms. The largest absolute Gasteiger partial charge is 0.319 e. The van der Waals surface area contributed by atoms with Gasteiger partial charge in [-0.1, -0.05) is 109 Å². The van der Waals surface area contributed by atoms with Crippen LogP contribution in [0.1, 0.15) is 5.56 Å². The standard InChI is InChI=1S/C48H27N5/c1-50-38-28-44(31(29-49)27-45(38)53-40-21-11-8-18-36(40)46-33-16-6-5-13-30(33)23-25-42(46)53)52-41-22-12-9-19-37(41)47-43(52)26-24-35-34-17-7-10-20-39(34)51(48(35)47)32-14-3-2-4-15-32/h2-28H. The van der Waals surface area contributed by atoms with Gasteiger partial charge in [-0.2, -0.15) is 5.26 Å². The van der Waals surface area contributed by atoms with Gasteiger partial charge in [-0.3, -0.25) is 0 Å². The van der Waals surface area contributed by atoms with Crippen molar-refractivity contribution in [2.24, 2.45) is 0 Å². The molecule has 0 radical (unpaired) electrons. The summed E-state index contributed by atoms with van der Waals surface area (Å²) in [5.74, 6) is 0. The lowest BCUT2D eigenvalue weighted by atomic mass is 10.0. The van der Waals surface area contributed by atoms with Crippen LogP contribution in [0.4, 0.5) is 5.69 Å². The Bertz CT molecular complexity index is 3420. The summed E-state index contributed by atoms with van der Waals surface area (Å²) >= 11 is 0. The molecule has 0 amide bonds. The molecule has 5 heteroatoms. The first-order valence-electron chi connectivity index (χ1n) is 17.6. The van der Waals surface area contributed by atoms with Crippen LogP contribution in [0, 0.1) is 17.9 Å². The van der Waals surface area contributed by atoms with Crippen molar-refractivity contribution in [3.8, 4) is 23.1 Å². The molecular weight excluding hydrogens is 647 g/mol. The van der Waals surface area contributed by atoms with Crippen molar-refractivity contribution in [2.75, 3.05) is 0 Å². The lowest BCUT2D eigenvalue weighted by molar-refractivity contribution is 1.14. The minimum atomic E-state index is 0.472. The zero-order valence-corrected chi connectivity index (χ0v) is 28.3. The van der Waals surface area contributed by atoms with Gasteiger partial charge in [-0.15, -0.1) is 0 Å². The fourth-order valence-electron chi connectivity index (χ4n) is 8.72. The van der Waals surface area contributed by atoms with Crippen molar-refractivity contribution in [1.29, 1.82) is 5.26 Å². The van der Waals surface area contributed by atoms with Crippen LogP contribution in [0.5, 0.6) is 0 Å². The van der Waals surface area contributed by atoms with Gasteiger partial charge in [0, 0.05) is 38.0 Å². The van der Waals surface area contributed by atoms with Crippen molar-refractivity contribution in [3.05, 3.63) is 181 Å². The molecular formula is C48H27N5. The van der Waals surface area contributed by atoms with Gasteiger partial charge in [0.15, 0.2) is 0 Å². The molecule has 11 rings (SSSR count). The number of para-hydroxylation sites is 4. The molecule has 0 N–H and O–H groups in total. The van der Waals surface area contributed by atoms with Crippen molar-refractivity contribution >= 4 is 81.9 Å². The SMILES string of the molecule is [C-]#[N+]c1cc(-n2c3ccccc3c3c2ccc2c4ccccc4n(-c4ccccc4)c23)c(C#N)cc1-n1c2ccccc2c2c3ccccc3ccc21. The number of fused-ring (bicyclic) bond motifs is 12. The maximum Gasteiger partial charge on any atom is 0.212 e. The summed E-state index contributed by atoms with van der Waals surface area (Å²) in [6, 6.07) is 59.2. The Balaban J connectivity index is 1.25. The molecule has 5 nitrogen and oxygen atoms in total. The highest BCUT2D eigenvalue weighted by molar-refractivity contribution is 6.26. The fraction of sp³-hybridized carbons (Fsp3) is 0. The van der Waals surface area contributed by atoms with Crippen LogP contribution in [-0.2, 0) is 0 Å². The summed E-state index contributed by atoms with van der Waals surface area (Å²) in [6.07, 6.45) is 0. The summed E-state index contributed by atoms with van der Waals surface area (Å²) in [5.41, 5.74) is 9.61. The summed E-state index contributed by atoms with van der Waals surface area (Å²) in [5, 5.41) is 20.0. The number of benzene rings is 8. The minimum absolute atomic E-state index is 0.472. The number of nitriles is 1. The van der Waals surface area contributed by atoms with E-state index in [1.807, 2.05) is 30.3 Å². The Kier molecular flexibility index (Phi) is 6.02. The number of hydrogen-bond acceptors (Lipinski definition) is 1. The van der Waals surface area contributed by atoms with Crippen LogP contribution >= 0.6 is 0 Å². The summed E-state index contributed by atoms with van der Waals surface area (Å²) in [7, 11) is 0. The third-order valence-electron chi connectivity index (χ3n) is 10.9. The number of nitrogens with zero attached hydrogens (tertiary/aromatic N) is 5. The van der Waals surface area contributed by atoms with Crippen LogP contribution in [0.15, 0.2) is 164 Å². The van der Waals surface area contributed by atoms with E-state index in [9.17, 15) is 5.26 Å². The second-order valence-electron chi connectivity index (χ2n) is 13.5. The maximum atomic E-state index is 10.9. The molecule has 0 fully saturated rings. The molecule has 0 bridgehead atoms. The van der Waals surface area contributed by atoms with Gasteiger partial charge >= 0.3 is 0 Å². The van der Waals surface area contributed by atoms with E-state index >= 15 is 0 Å². The average molecular weight is 674 g/mol. The van der Waals surface area contributed by atoms with Crippen molar-refractivity contribution in [1.82, 2.24) is 13.7 Å².